The van der Waals surface area contributed by atoms with Crippen LogP contribution in [0.3, 0.4) is 0 Å². The fourth-order valence-corrected chi connectivity index (χ4v) is 2.34. The molecule has 1 aromatic carbocycles. The summed E-state index contributed by atoms with van der Waals surface area (Å²) in [5.74, 6) is 0.651. The number of aromatic nitrogens is 2. The monoisotopic (exact) mass is 297 g/mol. The second-order valence-electron chi connectivity index (χ2n) is 4.74. The van der Waals surface area contributed by atoms with Crippen molar-refractivity contribution >= 4 is 12.4 Å². The van der Waals surface area contributed by atoms with Crippen LogP contribution in [0.4, 0.5) is 4.39 Å². The Morgan fingerprint density at radius 2 is 2.15 bits per heavy atom. The van der Waals surface area contributed by atoms with Crippen molar-refractivity contribution in [2.75, 3.05) is 13.1 Å². The molecule has 1 aromatic heterocycles. The zero-order valence-corrected chi connectivity index (χ0v) is 11.8. The Morgan fingerprint density at radius 3 is 2.90 bits per heavy atom. The van der Waals surface area contributed by atoms with E-state index in [0.29, 0.717) is 11.8 Å². The number of hydrogen-bond acceptors (Lipinski definition) is 3. The molecule has 0 aliphatic carbocycles. The number of halogens is 2. The molecule has 1 fully saturated rings. The van der Waals surface area contributed by atoms with Crippen LogP contribution in [0.25, 0.3) is 0 Å². The average Bonchev–Trinajstić information content (AvgIpc) is 2.91. The lowest BCUT2D eigenvalue weighted by molar-refractivity contribution is 0.426. The number of nitrogens with one attached hydrogen (secondary N) is 2. The molecule has 0 bridgehead atoms. The van der Waals surface area contributed by atoms with Crippen LogP contribution >= 0.6 is 12.4 Å². The van der Waals surface area contributed by atoms with Gasteiger partial charge in [0.05, 0.1) is 0 Å². The summed E-state index contributed by atoms with van der Waals surface area (Å²) < 4.78 is 18.9. The molecule has 0 saturated carbocycles. The molecule has 4 nitrogen and oxygen atoms in total. The van der Waals surface area contributed by atoms with Crippen molar-refractivity contribution in [3.05, 3.63) is 41.8 Å². The summed E-state index contributed by atoms with van der Waals surface area (Å²) in [6.07, 6.45) is 2.29. The summed E-state index contributed by atoms with van der Waals surface area (Å²) in [6, 6.07) is 8.17. The van der Waals surface area contributed by atoms with Crippen molar-refractivity contribution in [3.63, 3.8) is 0 Å². The average molecular weight is 298 g/mol. The van der Waals surface area contributed by atoms with Crippen molar-refractivity contribution in [3.8, 4) is 11.6 Å². The Labute approximate surface area is 123 Å². The maximum atomic E-state index is 13.5. The molecule has 6 heteroatoms. The molecule has 3 rings (SSSR count). The van der Waals surface area contributed by atoms with E-state index in [1.54, 1.807) is 18.2 Å². The summed E-state index contributed by atoms with van der Waals surface area (Å²) in [6.45, 7) is 2.02. The number of rotatable bonds is 3. The highest BCUT2D eigenvalue weighted by Crippen LogP contribution is 2.27. The van der Waals surface area contributed by atoms with Gasteiger partial charge in [0, 0.05) is 24.2 Å². The normalized spacial score (nSPS) is 18.4. The van der Waals surface area contributed by atoms with Crippen LogP contribution in [0.1, 0.15) is 24.5 Å². The fourth-order valence-electron chi connectivity index (χ4n) is 2.34. The van der Waals surface area contributed by atoms with Crippen LogP contribution in [0.15, 0.2) is 30.3 Å². The van der Waals surface area contributed by atoms with Gasteiger partial charge >= 0.3 is 0 Å². The summed E-state index contributed by atoms with van der Waals surface area (Å²) in [4.78, 5) is 0. The van der Waals surface area contributed by atoms with E-state index in [0.717, 1.165) is 31.6 Å². The van der Waals surface area contributed by atoms with Gasteiger partial charge in [-0.1, -0.05) is 12.1 Å². The van der Waals surface area contributed by atoms with Gasteiger partial charge in [-0.05, 0) is 31.5 Å². The Morgan fingerprint density at radius 1 is 1.30 bits per heavy atom. The van der Waals surface area contributed by atoms with Crippen LogP contribution in [0.2, 0.25) is 0 Å². The first-order valence-electron chi connectivity index (χ1n) is 6.51. The van der Waals surface area contributed by atoms with E-state index in [2.05, 4.69) is 15.5 Å². The maximum absolute atomic E-state index is 13.5. The smallest absolute Gasteiger partial charge is 0.238 e. The third kappa shape index (κ3) is 3.29. The van der Waals surface area contributed by atoms with Gasteiger partial charge in [0.2, 0.25) is 5.88 Å². The summed E-state index contributed by atoms with van der Waals surface area (Å²) in [5, 5.41) is 10.4. The lowest BCUT2D eigenvalue weighted by atomic mass is 9.96. The van der Waals surface area contributed by atoms with Crippen molar-refractivity contribution < 1.29 is 9.13 Å². The molecule has 2 heterocycles. The van der Waals surface area contributed by atoms with Gasteiger partial charge in [0.25, 0.3) is 0 Å². The van der Waals surface area contributed by atoms with E-state index < -0.39 is 0 Å². The molecule has 0 amide bonds. The number of nitrogens with zero attached hydrogens (tertiary/aromatic N) is 1. The second kappa shape index (κ2) is 6.72. The molecular weight excluding hydrogens is 281 g/mol. The third-order valence-electron chi connectivity index (χ3n) is 3.36. The van der Waals surface area contributed by atoms with Crippen LogP contribution < -0.4 is 10.1 Å². The van der Waals surface area contributed by atoms with Crippen LogP contribution in [0.5, 0.6) is 11.6 Å². The zero-order valence-electron chi connectivity index (χ0n) is 10.9. The van der Waals surface area contributed by atoms with E-state index in [1.807, 2.05) is 6.07 Å². The molecule has 0 spiro atoms. The standard InChI is InChI=1S/C14H16FN3O.ClH/c15-11-5-1-2-6-13(11)19-14-8-12(17-18-14)10-4-3-7-16-9-10;/h1-2,5-6,8,10,16H,3-4,7,9H2,(H,17,18);1H/t10-;/m0./s1. The third-order valence-corrected chi connectivity index (χ3v) is 3.36. The number of benzene rings is 1. The number of hydrogen-bond donors (Lipinski definition) is 2. The van der Waals surface area contributed by atoms with E-state index >= 15 is 0 Å². The molecule has 1 aliphatic rings. The zero-order chi connectivity index (χ0) is 13.1. The molecule has 1 saturated heterocycles. The minimum absolute atomic E-state index is 0. The van der Waals surface area contributed by atoms with Crippen molar-refractivity contribution in [1.29, 1.82) is 0 Å². The summed E-state index contributed by atoms with van der Waals surface area (Å²) in [5.41, 5.74) is 1.04. The highest BCUT2D eigenvalue weighted by atomic mass is 35.5. The molecule has 0 unspecified atom stereocenters. The minimum Gasteiger partial charge on any atom is -0.434 e. The number of piperidine rings is 1. The molecule has 0 radical (unpaired) electrons. The van der Waals surface area contributed by atoms with Crippen LogP contribution in [-0.2, 0) is 0 Å². The highest BCUT2D eigenvalue weighted by Gasteiger charge is 2.18. The quantitative estimate of drug-likeness (QED) is 0.914. The van der Waals surface area contributed by atoms with Crippen molar-refractivity contribution in [1.82, 2.24) is 15.5 Å². The summed E-state index contributed by atoms with van der Waals surface area (Å²) in [7, 11) is 0. The minimum atomic E-state index is -0.383. The molecule has 1 aliphatic heterocycles. The Kier molecular flexibility index (Phi) is 4.98. The molecule has 108 valence electrons. The highest BCUT2D eigenvalue weighted by molar-refractivity contribution is 5.85. The van der Waals surface area contributed by atoms with E-state index in [4.69, 9.17) is 4.74 Å². The molecule has 2 aromatic rings. The van der Waals surface area contributed by atoms with E-state index in [1.165, 1.54) is 6.07 Å². The van der Waals surface area contributed by atoms with Gasteiger partial charge in [-0.3, -0.25) is 5.10 Å². The molecular formula is C14H17ClFN3O. The first kappa shape index (κ1) is 14.8. The SMILES string of the molecule is Cl.Fc1ccccc1Oc1cc([C@H]2CCCNC2)[nH]n1. The maximum Gasteiger partial charge on any atom is 0.238 e. The van der Waals surface area contributed by atoms with Crippen LogP contribution in [0, 0.1) is 5.82 Å². The Hall–Kier alpha value is -1.59. The number of H-pyrrole nitrogens is 1. The number of para-hydroxylation sites is 1. The largest absolute Gasteiger partial charge is 0.434 e. The Bertz CT molecular complexity index is 555. The number of ether oxygens (including phenoxy) is 1. The van der Waals surface area contributed by atoms with Crippen LogP contribution in [-0.4, -0.2) is 23.3 Å². The van der Waals surface area contributed by atoms with Gasteiger partial charge in [-0.2, -0.15) is 0 Å². The predicted molar refractivity (Wildman–Crippen MR) is 77.2 cm³/mol. The van der Waals surface area contributed by atoms with Crippen molar-refractivity contribution in [2.24, 2.45) is 0 Å². The topological polar surface area (TPSA) is 49.9 Å². The Balaban J connectivity index is 0.00000147. The second-order valence-corrected chi connectivity index (χ2v) is 4.74. The van der Waals surface area contributed by atoms with Gasteiger partial charge in [0.15, 0.2) is 11.6 Å². The van der Waals surface area contributed by atoms with Gasteiger partial charge < -0.3 is 10.1 Å². The molecule has 1 atom stereocenters. The van der Waals surface area contributed by atoms with Crippen molar-refractivity contribution in [2.45, 2.75) is 18.8 Å². The van der Waals surface area contributed by atoms with Gasteiger partial charge in [0.1, 0.15) is 0 Å². The summed E-state index contributed by atoms with van der Waals surface area (Å²) >= 11 is 0. The fraction of sp³-hybridized carbons (Fsp3) is 0.357. The lowest BCUT2D eigenvalue weighted by Gasteiger charge is -2.20. The van der Waals surface area contributed by atoms with E-state index in [-0.39, 0.29) is 24.0 Å². The predicted octanol–water partition coefficient (Wildman–Crippen LogP) is 3.23. The first-order valence-corrected chi connectivity index (χ1v) is 6.51. The first-order chi connectivity index (χ1) is 9.33. The molecule has 2 N–H and O–H groups in total. The lowest BCUT2D eigenvalue weighted by Crippen LogP contribution is -2.28. The van der Waals surface area contributed by atoms with Gasteiger partial charge in [-0.15, -0.1) is 17.5 Å². The number of aromatic amines is 1. The van der Waals surface area contributed by atoms with E-state index in [9.17, 15) is 4.39 Å². The molecule has 20 heavy (non-hydrogen) atoms. The van der Waals surface area contributed by atoms with Gasteiger partial charge in [-0.25, -0.2) is 4.39 Å².